The minimum atomic E-state index is 0. The number of nitrogens with one attached hydrogen (secondary N) is 2. The molecule has 0 bridgehead atoms. The zero-order valence-corrected chi connectivity index (χ0v) is 18.7. The SMILES string of the molecule is CCNC(=NCCCn1cccn1)NCCCN1CCCN(C)CC1.I. The number of hydrogen-bond acceptors (Lipinski definition) is 4. The fraction of sp³-hybridized carbons (Fsp3) is 0.778. The molecule has 1 aliphatic rings. The minimum absolute atomic E-state index is 0. The van der Waals surface area contributed by atoms with Crippen molar-refractivity contribution < 1.29 is 0 Å². The van der Waals surface area contributed by atoms with E-state index in [4.69, 9.17) is 0 Å². The van der Waals surface area contributed by atoms with Crippen molar-refractivity contribution in [3.63, 3.8) is 0 Å². The maximum atomic E-state index is 4.66. The predicted octanol–water partition coefficient (Wildman–Crippen LogP) is 1.47. The maximum Gasteiger partial charge on any atom is 0.191 e. The number of halogens is 1. The molecule has 1 fully saturated rings. The van der Waals surface area contributed by atoms with Crippen LogP contribution in [0.25, 0.3) is 0 Å². The van der Waals surface area contributed by atoms with Crippen molar-refractivity contribution in [1.82, 2.24) is 30.2 Å². The molecular formula is C18H36IN7. The topological polar surface area (TPSA) is 60.7 Å². The Hall–Kier alpha value is -0.870. The first-order chi connectivity index (χ1) is 12.3. The van der Waals surface area contributed by atoms with Crippen LogP contribution in [0.4, 0.5) is 0 Å². The van der Waals surface area contributed by atoms with Crippen LogP contribution in [0.15, 0.2) is 23.5 Å². The Morgan fingerprint density at radius 2 is 2.00 bits per heavy atom. The monoisotopic (exact) mass is 477 g/mol. The lowest BCUT2D eigenvalue weighted by Gasteiger charge is -2.20. The number of aromatic nitrogens is 2. The van der Waals surface area contributed by atoms with Crippen molar-refractivity contribution in [3.8, 4) is 0 Å². The molecule has 0 aromatic carbocycles. The molecule has 0 aliphatic carbocycles. The van der Waals surface area contributed by atoms with E-state index in [9.17, 15) is 0 Å². The minimum Gasteiger partial charge on any atom is -0.357 e. The molecule has 0 spiro atoms. The highest BCUT2D eigenvalue weighted by atomic mass is 127. The Morgan fingerprint density at radius 1 is 1.12 bits per heavy atom. The smallest absolute Gasteiger partial charge is 0.191 e. The molecule has 150 valence electrons. The van der Waals surface area contributed by atoms with Gasteiger partial charge in [0.05, 0.1) is 0 Å². The number of guanidine groups is 1. The van der Waals surface area contributed by atoms with Crippen LogP contribution in [0.5, 0.6) is 0 Å². The molecule has 0 saturated carbocycles. The third-order valence-electron chi connectivity index (χ3n) is 4.47. The van der Waals surface area contributed by atoms with E-state index < -0.39 is 0 Å². The molecule has 1 aromatic rings. The first-order valence-electron chi connectivity index (χ1n) is 9.68. The lowest BCUT2D eigenvalue weighted by atomic mass is 10.3. The van der Waals surface area contributed by atoms with Gasteiger partial charge < -0.3 is 20.4 Å². The molecule has 1 saturated heterocycles. The van der Waals surface area contributed by atoms with Gasteiger partial charge in [-0.15, -0.1) is 24.0 Å². The van der Waals surface area contributed by atoms with Crippen molar-refractivity contribution >= 4 is 29.9 Å². The molecule has 1 aliphatic heterocycles. The van der Waals surface area contributed by atoms with E-state index in [1.807, 2.05) is 23.1 Å². The second kappa shape index (κ2) is 14.2. The normalized spacial score (nSPS) is 16.8. The fourth-order valence-electron chi connectivity index (χ4n) is 3.03. The van der Waals surface area contributed by atoms with Gasteiger partial charge in [0.2, 0.25) is 0 Å². The standard InChI is InChI=1S/C18H35N7.HI/c1-3-19-18(21-9-5-14-25-15-6-10-22-25)20-8-4-12-24-13-7-11-23(2)16-17-24;/h6,10,15H,3-5,7-9,11-14,16-17H2,1-2H3,(H2,19,20,21);1H. The highest BCUT2D eigenvalue weighted by Crippen LogP contribution is 2.01. The largest absolute Gasteiger partial charge is 0.357 e. The fourth-order valence-corrected chi connectivity index (χ4v) is 3.03. The predicted molar refractivity (Wildman–Crippen MR) is 119 cm³/mol. The van der Waals surface area contributed by atoms with E-state index in [-0.39, 0.29) is 24.0 Å². The Kier molecular flexibility index (Phi) is 12.7. The van der Waals surface area contributed by atoms with Gasteiger partial charge in [0.15, 0.2) is 5.96 Å². The van der Waals surface area contributed by atoms with Crippen LogP contribution in [0, 0.1) is 0 Å². The molecule has 0 unspecified atom stereocenters. The molecule has 0 amide bonds. The van der Waals surface area contributed by atoms with Crippen LogP contribution in [0.3, 0.4) is 0 Å². The van der Waals surface area contributed by atoms with E-state index in [1.165, 1.54) is 39.1 Å². The highest BCUT2D eigenvalue weighted by molar-refractivity contribution is 14.0. The van der Waals surface area contributed by atoms with Crippen LogP contribution < -0.4 is 10.6 Å². The molecule has 26 heavy (non-hydrogen) atoms. The second-order valence-corrected chi connectivity index (χ2v) is 6.66. The Balaban J connectivity index is 0.00000338. The highest BCUT2D eigenvalue weighted by Gasteiger charge is 2.11. The van der Waals surface area contributed by atoms with E-state index in [1.54, 1.807) is 0 Å². The van der Waals surface area contributed by atoms with Gasteiger partial charge in [0.25, 0.3) is 0 Å². The summed E-state index contributed by atoms with van der Waals surface area (Å²) >= 11 is 0. The van der Waals surface area contributed by atoms with E-state index in [0.29, 0.717) is 0 Å². The molecule has 2 rings (SSSR count). The Morgan fingerprint density at radius 3 is 2.77 bits per heavy atom. The number of hydrogen-bond donors (Lipinski definition) is 2. The molecule has 2 heterocycles. The summed E-state index contributed by atoms with van der Waals surface area (Å²) in [5, 5.41) is 11.0. The maximum absolute atomic E-state index is 4.66. The van der Waals surface area contributed by atoms with Gasteiger partial charge >= 0.3 is 0 Å². The van der Waals surface area contributed by atoms with Crippen molar-refractivity contribution in [2.75, 3.05) is 59.4 Å². The molecule has 0 radical (unpaired) electrons. The van der Waals surface area contributed by atoms with E-state index in [0.717, 1.165) is 45.0 Å². The van der Waals surface area contributed by atoms with Crippen LogP contribution in [0.2, 0.25) is 0 Å². The summed E-state index contributed by atoms with van der Waals surface area (Å²) < 4.78 is 1.95. The molecule has 7 nitrogen and oxygen atoms in total. The van der Waals surface area contributed by atoms with E-state index >= 15 is 0 Å². The first-order valence-corrected chi connectivity index (χ1v) is 9.68. The van der Waals surface area contributed by atoms with Crippen LogP contribution in [-0.2, 0) is 6.54 Å². The van der Waals surface area contributed by atoms with Gasteiger partial charge in [-0.3, -0.25) is 9.67 Å². The lowest BCUT2D eigenvalue weighted by molar-refractivity contribution is 0.274. The number of aliphatic imine (C=N–C) groups is 1. The molecular weight excluding hydrogens is 441 g/mol. The molecule has 1 aromatic heterocycles. The summed E-state index contributed by atoms with van der Waals surface area (Å²) in [5.41, 5.74) is 0. The van der Waals surface area contributed by atoms with Crippen molar-refractivity contribution in [1.29, 1.82) is 0 Å². The molecule has 0 atom stereocenters. The quantitative estimate of drug-likeness (QED) is 0.244. The number of aryl methyl sites for hydroxylation is 1. The number of likely N-dealkylation sites (N-methyl/N-ethyl adjacent to an activating group) is 1. The van der Waals surface area contributed by atoms with Gasteiger partial charge in [0, 0.05) is 51.7 Å². The summed E-state index contributed by atoms with van der Waals surface area (Å²) in [7, 11) is 2.22. The second-order valence-electron chi connectivity index (χ2n) is 6.66. The third-order valence-corrected chi connectivity index (χ3v) is 4.47. The summed E-state index contributed by atoms with van der Waals surface area (Å²) in [6.07, 6.45) is 7.25. The summed E-state index contributed by atoms with van der Waals surface area (Å²) in [6, 6.07) is 1.96. The Bertz CT molecular complexity index is 478. The number of nitrogens with zero attached hydrogens (tertiary/aromatic N) is 5. The summed E-state index contributed by atoms with van der Waals surface area (Å²) in [5.74, 6) is 0.929. The molecule has 2 N–H and O–H groups in total. The first kappa shape index (κ1) is 23.2. The van der Waals surface area contributed by atoms with E-state index in [2.05, 4.69) is 44.5 Å². The zero-order valence-electron chi connectivity index (χ0n) is 16.4. The van der Waals surface area contributed by atoms with Crippen molar-refractivity contribution in [2.24, 2.45) is 4.99 Å². The molecule has 8 heteroatoms. The average molecular weight is 477 g/mol. The summed E-state index contributed by atoms with van der Waals surface area (Å²) in [6.45, 7) is 11.7. The van der Waals surface area contributed by atoms with Crippen molar-refractivity contribution in [2.45, 2.75) is 32.7 Å². The van der Waals surface area contributed by atoms with Gasteiger partial charge in [-0.2, -0.15) is 5.10 Å². The third kappa shape index (κ3) is 9.72. The van der Waals surface area contributed by atoms with Crippen LogP contribution in [-0.4, -0.2) is 84.9 Å². The van der Waals surface area contributed by atoms with Crippen molar-refractivity contribution in [3.05, 3.63) is 18.5 Å². The zero-order chi connectivity index (χ0) is 17.7. The van der Waals surface area contributed by atoms with Gasteiger partial charge in [-0.1, -0.05) is 0 Å². The summed E-state index contributed by atoms with van der Waals surface area (Å²) in [4.78, 5) is 9.67. The Labute approximate surface area is 175 Å². The number of rotatable bonds is 9. The average Bonchev–Trinajstić information content (AvgIpc) is 3.04. The van der Waals surface area contributed by atoms with Gasteiger partial charge in [-0.25, -0.2) is 0 Å². The van der Waals surface area contributed by atoms with Crippen LogP contribution in [0.1, 0.15) is 26.2 Å². The van der Waals surface area contributed by atoms with Gasteiger partial charge in [0.1, 0.15) is 0 Å². The lowest BCUT2D eigenvalue weighted by Crippen LogP contribution is -2.39. The van der Waals surface area contributed by atoms with Gasteiger partial charge in [-0.05, 0) is 58.9 Å². The van der Waals surface area contributed by atoms with Crippen LogP contribution >= 0.6 is 24.0 Å².